The Morgan fingerprint density at radius 2 is 0.722 bits per heavy atom. The van der Waals surface area contributed by atoms with E-state index in [0.29, 0.717) is 13.2 Å². The minimum Gasteiger partial charge on any atom is -0.494 e. The number of nitrogens with zero attached hydrogens (tertiary/aromatic N) is 2. The molecule has 0 saturated heterocycles. The molecule has 6 heteroatoms. The van der Waals surface area contributed by atoms with Crippen molar-refractivity contribution in [2.75, 3.05) is 26.4 Å². The number of aliphatic hydroxyl groups excluding tert-OH is 2. The summed E-state index contributed by atoms with van der Waals surface area (Å²) in [5.74, 6) is 1.72. The molecule has 200 valence electrons. The monoisotopic (exact) mass is 498 g/mol. The van der Waals surface area contributed by atoms with E-state index < -0.39 is 0 Å². The van der Waals surface area contributed by atoms with Crippen LogP contribution in [0.15, 0.2) is 58.8 Å². The second-order valence-corrected chi connectivity index (χ2v) is 9.28. The first-order valence-corrected chi connectivity index (χ1v) is 13.9. The minimum absolute atomic E-state index is 0.311. The standard InChI is InChI=1S/C30H46N2O4/c33-23-11-7-3-1-5-9-13-25-35-29-19-15-27(16-20-29)31-32-28-17-21-30(22-18-28)36-26-14-10-6-2-4-8-12-24-34/h15-22,33-34H,1-14,23-26H2. The van der Waals surface area contributed by atoms with Gasteiger partial charge in [-0.3, -0.25) is 0 Å². The lowest BCUT2D eigenvalue weighted by Gasteiger charge is -2.06. The van der Waals surface area contributed by atoms with E-state index in [1.165, 1.54) is 51.4 Å². The maximum absolute atomic E-state index is 8.78. The van der Waals surface area contributed by atoms with Crippen LogP contribution in [0.1, 0.15) is 89.9 Å². The van der Waals surface area contributed by atoms with E-state index >= 15 is 0 Å². The normalized spacial score (nSPS) is 11.3. The first-order valence-electron chi connectivity index (χ1n) is 13.9. The second-order valence-electron chi connectivity index (χ2n) is 9.28. The van der Waals surface area contributed by atoms with Crippen LogP contribution in [-0.4, -0.2) is 36.6 Å². The molecular weight excluding hydrogens is 452 g/mol. The smallest absolute Gasteiger partial charge is 0.119 e. The number of aliphatic hydroxyl groups is 2. The van der Waals surface area contributed by atoms with Crippen LogP contribution < -0.4 is 9.47 Å². The molecule has 0 aliphatic heterocycles. The second kappa shape index (κ2) is 20.7. The Hall–Kier alpha value is -2.44. The highest BCUT2D eigenvalue weighted by molar-refractivity contribution is 5.44. The Balaban J connectivity index is 1.56. The predicted molar refractivity (Wildman–Crippen MR) is 147 cm³/mol. The summed E-state index contributed by atoms with van der Waals surface area (Å²) in [6.07, 6.45) is 16.0. The molecule has 2 rings (SSSR count). The van der Waals surface area contributed by atoms with Gasteiger partial charge in [-0.15, -0.1) is 0 Å². The number of hydrogen-bond donors (Lipinski definition) is 2. The van der Waals surface area contributed by atoms with Crippen LogP contribution in [0.25, 0.3) is 0 Å². The molecule has 0 aliphatic rings. The third-order valence-corrected chi connectivity index (χ3v) is 6.10. The fraction of sp³-hybridized carbons (Fsp3) is 0.600. The number of rotatable bonds is 22. The molecule has 0 heterocycles. The lowest BCUT2D eigenvalue weighted by Crippen LogP contribution is -1.97. The highest BCUT2D eigenvalue weighted by atomic mass is 16.5. The van der Waals surface area contributed by atoms with E-state index in [1.54, 1.807) is 0 Å². The van der Waals surface area contributed by atoms with Crippen LogP contribution in [0.3, 0.4) is 0 Å². The SMILES string of the molecule is OCCCCCCCCCOc1ccc(N=Nc2ccc(OCCCCCCCCCO)cc2)cc1. The molecule has 36 heavy (non-hydrogen) atoms. The summed E-state index contributed by atoms with van der Waals surface area (Å²) in [5.41, 5.74) is 1.59. The Labute approximate surface area is 217 Å². The molecule has 0 spiro atoms. The van der Waals surface area contributed by atoms with Crippen molar-refractivity contribution in [1.29, 1.82) is 0 Å². The quantitative estimate of drug-likeness (QED) is 0.126. The van der Waals surface area contributed by atoms with Gasteiger partial charge in [0.2, 0.25) is 0 Å². The largest absolute Gasteiger partial charge is 0.494 e. The molecule has 2 aromatic rings. The fourth-order valence-corrected chi connectivity index (χ4v) is 3.91. The van der Waals surface area contributed by atoms with E-state index in [4.69, 9.17) is 19.7 Å². The van der Waals surface area contributed by atoms with Crippen molar-refractivity contribution in [3.63, 3.8) is 0 Å². The van der Waals surface area contributed by atoms with E-state index in [1.807, 2.05) is 48.5 Å². The number of ether oxygens (including phenoxy) is 2. The molecule has 2 N–H and O–H groups in total. The van der Waals surface area contributed by atoms with Crippen molar-refractivity contribution in [3.8, 4) is 11.5 Å². The zero-order valence-electron chi connectivity index (χ0n) is 22.0. The Morgan fingerprint density at radius 1 is 0.417 bits per heavy atom. The van der Waals surface area contributed by atoms with Crippen LogP contribution in [0, 0.1) is 0 Å². The van der Waals surface area contributed by atoms with Gasteiger partial charge in [0.1, 0.15) is 11.5 Å². The zero-order valence-corrected chi connectivity index (χ0v) is 22.0. The zero-order chi connectivity index (χ0) is 25.5. The molecule has 2 aromatic carbocycles. The summed E-state index contributed by atoms with van der Waals surface area (Å²) in [5, 5.41) is 26.2. The summed E-state index contributed by atoms with van der Waals surface area (Å²) in [4.78, 5) is 0. The molecule has 0 bridgehead atoms. The van der Waals surface area contributed by atoms with Gasteiger partial charge in [-0.05, 0) is 74.2 Å². The maximum Gasteiger partial charge on any atom is 0.119 e. The molecule has 0 aromatic heterocycles. The van der Waals surface area contributed by atoms with Gasteiger partial charge in [-0.2, -0.15) is 10.2 Å². The summed E-state index contributed by atoms with van der Waals surface area (Å²) >= 11 is 0. The van der Waals surface area contributed by atoms with E-state index in [0.717, 1.165) is 74.6 Å². The molecule has 0 radical (unpaired) electrons. The fourth-order valence-electron chi connectivity index (χ4n) is 3.91. The topological polar surface area (TPSA) is 83.6 Å². The molecule has 0 aliphatic carbocycles. The first kappa shape index (κ1) is 29.8. The Bertz CT molecular complexity index is 726. The number of unbranched alkanes of at least 4 members (excludes halogenated alkanes) is 12. The van der Waals surface area contributed by atoms with Crippen LogP contribution in [0.5, 0.6) is 11.5 Å². The molecule has 0 saturated carbocycles. The van der Waals surface area contributed by atoms with Gasteiger partial charge in [0.05, 0.1) is 24.6 Å². The lowest BCUT2D eigenvalue weighted by atomic mass is 10.1. The van der Waals surface area contributed by atoms with Crippen LogP contribution in [0.4, 0.5) is 11.4 Å². The van der Waals surface area contributed by atoms with Gasteiger partial charge >= 0.3 is 0 Å². The molecule has 0 fully saturated rings. The van der Waals surface area contributed by atoms with Crippen LogP contribution >= 0.6 is 0 Å². The molecular formula is C30H46N2O4. The summed E-state index contributed by atoms with van der Waals surface area (Å²) in [6, 6.07) is 15.4. The van der Waals surface area contributed by atoms with Gasteiger partial charge in [-0.1, -0.05) is 64.2 Å². The predicted octanol–water partition coefficient (Wildman–Crippen LogP) is 8.31. The Morgan fingerprint density at radius 3 is 1.06 bits per heavy atom. The van der Waals surface area contributed by atoms with Crippen molar-refractivity contribution in [2.45, 2.75) is 89.9 Å². The minimum atomic E-state index is 0.311. The average molecular weight is 499 g/mol. The highest BCUT2D eigenvalue weighted by Crippen LogP contribution is 2.23. The van der Waals surface area contributed by atoms with Crippen molar-refractivity contribution in [3.05, 3.63) is 48.5 Å². The van der Waals surface area contributed by atoms with Crippen molar-refractivity contribution >= 4 is 11.4 Å². The van der Waals surface area contributed by atoms with E-state index in [-0.39, 0.29) is 0 Å². The first-order chi connectivity index (χ1) is 17.8. The van der Waals surface area contributed by atoms with Gasteiger partial charge in [0.25, 0.3) is 0 Å². The molecule has 0 amide bonds. The number of azo groups is 1. The van der Waals surface area contributed by atoms with Crippen LogP contribution in [-0.2, 0) is 0 Å². The third-order valence-electron chi connectivity index (χ3n) is 6.10. The summed E-state index contributed by atoms with van der Waals surface area (Å²) < 4.78 is 11.7. The molecule has 0 unspecified atom stereocenters. The van der Waals surface area contributed by atoms with Crippen molar-refractivity contribution in [1.82, 2.24) is 0 Å². The van der Waals surface area contributed by atoms with E-state index in [9.17, 15) is 0 Å². The number of hydrogen-bond acceptors (Lipinski definition) is 6. The molecule has 0 atom stereocenters. The maximum atomic E-state index is 8.78. The van der Waals surface area contributed by atoms with Gasteiger partial charge in [0, 0.05) is 13.2 Å². The Kier molecular flexibility index (Phi) is 17.1. The van der Waals surface area contributed by atoms with Crippen molar-refractivity contribution in [2.24, 2.45) is 10.2 Å². The molecule has 6 nitrogen and oxygen atoms in total. The summed E-state index contributed by atoms with van der Waals surface area (Å²) in [6.45, 7) is 2.09. The van der Waals surface area contributed by atoms with E-state index in [2.05, 4.69) is 10.2 Å². The van der Waals surface area contributed by atoms with Crippen molar-refractivity contribution < 1.29 is 19.7 Å². The van der Waals surface area contributed by atoms with Gasteiger partial charge < -0.3 is 19.7 Å². The van der Waals surface area contributed by atoms with Gasteiger partial charge in [0.15, 0.2) is 0 Å². The highest BCUT2D eigenvalue weighted by Gasteiger charge is 1.98. The van der Waals surface area contributed by atoms with Crippen LogP contribution in [0.2, 0.25) is 0 Å². The summed E-state index contributed by atoms with van der Waals surface area (Å²) in [7, 11) is 0. The average Bonchev–Trinajstić information content (AvgIpc) is 2.91. The van der Waals surface area contributed by atoms with Gasteiger partial charge in [-0.25, -0.2) is 0 Å². The lowest BCUT2D eigenvalue weighted by molar-refractivity contribution is 0.281. The number of benzene rings is 2. The third kappa shape index (κ3) is 14.8.